The van der Waals surface area contributed by atoms with Crippen LogP contribution in [0.5, 0.6) is 17.2 Å². The molecule has 0 bridgehead atoms. The van der Waals surface area contributed by atoms with E-state index in [0.29, 0.717) is 26.2 Å². The first-order valence-electron chi connectivity index (χ1n) is 11.2. The number of aryl methyl sites for hydroxylation is 1. The number of piperazine rings is 1. The quantitative estimate of drug-likeness (QED) is 0.576. The summed E-state index contributed by atoms with van der Waals surface area (Å²) >= 11 is 0. The molecular formula is C25H26N4O4. The lowest BCUT2D eigenvalue weighted by atomic mass is 10.1. The van der Waals surface area contributed by atoms with Crippen molar-refractivity contribution in [2.45, 2.75) is 13.3 Å². The minimum absolute atomic E-state index is 0.00143. The van der Waals surface area contributed by atoms with Crippen LogP contribution in [0.4, 0.5) is 5.82 Å². The van der Waals surface area contributed by atoms with Crippen molar-refractivity contribution in [2.24, 2.45) is 0 Å². The van der Waals surface area contributed by atoms with E-state index < -0.39 is 0 Å². The van der Waals surface area contributed by atoms with E-state index in [1.165, 1.54) is 5.56 Å². The van der Waals surface area contributed by atoms with Crippen LogP contribution in [0.1, 0.15) is 12.5 Å². The average molecular weight is 447 g/mol. The fourth-order valence-electron chi connectivity index (χ4n) is 3.95. The van der Waals surface area contributed by atoms with Crippen LogP contribution in [-0.2, 0) is 11.2 Å². The predicted octanol–water partition coefficient (Wildman–Crippen LogP) is 3.16. The molecule has 2 aliphatic heterocycles. The molecule has 0 saturated carbocycles. The van der Waals surface area contributed by atoms with E-state index in [-0.39, 0.29) is 19.3 Å². The lowest BCUT2D eigenvalue weighted by Crippen LogP contribution is -2.50. The second kappa shape index (κ2) is 9.36. The largest absolute Gasteiger partial charge is 0.484 e. The van der Waals surface area contributed by atoms with E-state index in [1.807, 2.05) is 59.5 Å². The summed E-state index contributed by atoms with van der Waals surface area (Å²) in [7, 11) is 0. The Balaban J connectivity index is 1.13. The van der Waals surface area contributed by atoms with Gasteiger partial charge in [0.1, 0.15) is 5.75 Å². The number of nitrogens with zero attached hydrogens (tertiary/aromatic N) is 4. The van der Waals surface area contributed by atoms with Gasteiger partial charge >= 0.3 is 0 Å². The van der Waals surface area contributed by atoms with Gasteiger partial charge in [0, 0.05) is 31.7 Å². The molecule has 8 heteroatoms. The molecule has 2 aliphatic rings. The van der Waals surface area contributed by atoms with Gasteiger partial charge in [-0.1, -0.05) is 19.1 Å². The highest BCUT2D eigenvalue weighted by atomic mass is 16.7. The summed E-state index contributed by atoms with van der Waals surface area (Å²) in [5.74, 6) is 2.99. The van der Waals surface area contributed by atoms with Gasteiger partial charge in [-0.3, -0.25) is 4.79 Å². The summed E-state index contributed by atoms with van der Waals surface area (Å²) in [6.45, 7) is 5.07. The van der Waals surface area contributed by atoms with Crippen molar-refractivity contribution in [1.29, 1.82) is 0 Å². The number of carbonyl (C=O) groups is 1. The van der Waals surface area contributed by atoms with Crippen LogP contribution in [0.3, 0.4) is 0 Å². The lowest BCUT2D eigenvalue weighted by molar-refractivity contribution is -0.133. The molecule has 3 heterocycles. The van der Waals surface area contributed by atoms with Gasteiger partial charge in [-0.2, -0.15) is 0 Å². The molecule has 3 aromatic rings. The van der Waals surface area contributed by atoms with Crippen molar-refractivity contribution in [3.8, 4) is 28.5 Å². The zero-order chi connectivity index (χ0) is 22.6. The number of benzene rings is 2. The summed E-state index contributed by atoms with van der Waals surface area (Å²) in [4.78, 5) is 16.5. The minimum Gasteiger partial charge on any atom is -0.484 e. The number of fused-ring (bicyclic) bond motifs is 1. The third-order valence-electron chi connectivity index (χ3n) is 5.97. The SMILES string of the molecule is CCc1ccc(OCC(=O)N2CCN(c3ccc(-c4ccc5c(c4)OCO5)nn3)CC2)cc1. The molecule has 1 fully saturated rings. The van der Waals surface area contributed by atoms with Crippen LogP contribution >= 0.6 is 0 Å². The van der Waals surface area contributed by atoms with E-state index in [1.54, 1.807) is 0 Å². The number of aromatic nitrogens is 2. The predicted molar refractivity (Wildman–Crippen MR) is 124 cm³/mol. The third-order valence-corrected chi connectivity index (χ3v) is 5.97. The van der Waals surface area contributed by atoms with Gasteiger partial charge in [0.05, 0.1) is 5.69 Å². The number of anilines is 1. The molecule has 5 rings (SSSR count). The number of carbonyl (C=O) groups excluding carboxylic acids is 1. The van der Waals surface area contributed by atoms with E-state index in [4.69, 9.17) is 14.2 Å². The first-order chi connectivity index (χ1) is 16.2. The number of hydrogen-bond acceptors (Lipinski definition) is 7. The Kier molecular flexibility index (Phi) is 5.97. The maximum atomic E-state index is 12.6. The number of amides is 1. The van der Waals surface area contributed by atoms with Crippen LogP contribution in [0.2, 0.25) is 0 Å². The Morgan fingerprint density at radius 2 is 1.73 bits per heavy atom. The van der Waals surface area contributed by atoms with E-state index >= 15 is 0 Å². The molecule has 1 aromatic heterocycles. The van der Waals surface area contributed by atoms with Gasteiger partial charge in [-0.25, -0.2) is 0 Å². The van der Waals surface area contributed by atoms with Crippen LogP contribution in [-0.4, -0.2) is 60.6 Å². The Morgan fingerprint density at radius 1 is 0.939 bits per heavy atom. The highest BCUT2D eigenvalue weighted by molar-refractivity contribution is 5.78. The van der Waals surface area contributed by atoms with Crippen molar-refractivity contribution in [3.05, 3.63) is 60.2 Å². The topological polar surface area (TPSA) is 77.0 Å². The van der Waals surface area contributed by atoms with Crippen molar-refractivity contribution < 1.29 is 19.0 Å². The molecule has 170 valence electrons. The van der Waals surface area contributed by atoms with Crippen molar-refractivity contribution >= 4 is 11.7 Å². The summed E-state index contributed by atoms with van der Waals surface area (Å²) in [6, 6.07) is 17.5. The molecule has 0 atom stereocenters. The summed E-state index contributed by atoms with van der Waals surface area (Å²) in [5, 5.41) is 8.80. The minimum atomic E-state index is -0.00143. The molecule has 1 amide bonds. The zero-order valence-corrected chi connectivity index (χ0v) is 18.6. The molecule has 0 unspecified atom stereocenters. The van der Waals surface area contributed by atoms with Gasteiger partial charge in [-0.05, 0) is 54.4 Å². The molecule has 0 N–H and O–H groups in total. The molecular weight excluding hydrogens is 420 g/mol. The molecule has 0 spiro atoms. The fourth-order valence-corrected chi connectivity index (χ4v) is 3.95. The van der Waals surface area contributed by atoms with Crippen LogP contribution < -0.4 is 19.1 Å². The second-order valence-electron chi connectivity index (χ2n) is 8.00. The second-order valence-corrected chi connectivity index (χ2v) is 8.00. The Bertz CT molecular complexity index is 1110. The Hall–Kier alpha value is -3.81. The number of rotatable bonds is 6. The van der Waals surface area contributed by atoms with Gasteiger partial charge in [0.25, 0.3) is 5.91 Å². The smallest absolute Gasteiger partial charge is 0.260 e. The van der Waals surface area contributed by atoms with Crippen molar-refractivity contribution in [1.82, 2.24) is 15.1 Å². The number of hydrogen-bond donors (Lipinski definition) is 0. The third kappa shape index (κ3) is 4.69. The van der Waals surface area contributed by atoms with E-state index in [2.05, 4.69) is 22.0 Å². The lowest BCUT2D eigenvalue weighted by Gasteiger charge is -2.35. The Morgan fingerprint density at radius 3 is 2.45 bits per heavy atom. The van der Waals surface area contributed by atoms with Gasteiger partial charge in [0.2, 0.25) is 6.79 Å². The maximum Gasteiger partial charge on any atom is 0.260 e. The van der Waals surface area contributed by atoms with Crippen molar-refractivity contribution in [2.75, 3.05) is 44.5 Å². The average Bonchev–Trinajstić information content (AvgIpc) is 3.36. The van der Waals surface area contributed by atoms with Gasteiger partial charge in [-0.15, -0.1) is 10.2 Å². The molecule has 0 aliphatic carbocycles. The fraction of sp³-hybridized carbons (Fsp3) is 0.320. The molecule has 2 aromatic carbocycles. The number of ether oxygens (including phenoxy) is 3. The van der Waals surface area contributed by atoms with Crippen LogP contribution in [0.25, 0.3) is 11.3 Å². The standard InChI is InChI=1S/C25H26N4O4/c1-2-18-3-6-20(7-4-18)31-16-25(30)29-13-11-28(12-14-29)24-10-8-21(26-27-24)19-5-9-22-23(15-19)33-17-32-22/h3-10,15H,2,11-14,16-17H2,1H3. The first-order valence-corrected chi connectivity index (χ1v) is 11.2. The molecule has 8 nitrogen and oxygen atoms in total. The molecule has 33 heavy (non-hydrogen) atoms. The highest BCUT2D eigenvalue weighted by Gasteiger charge is 2.23. The summed E-state index contributed by atoms with van der Waals surface area (Å²) in [6.07, 6.45) is 0.981. The first kappa shape index (κ1) is 21.1. The van der Waals surface area contributed by atoms with Gasteiger partial charge < -0.3 is 24.0 Å². The van der Waals surface area contributed by atoms with E-state index in [9.17, 15) is 4.79 Å². The highest BCUT2D eigenvalue weighted by Crippen LogP contribution is 2.35. The summed E-state index contributed by atoms with van der Waals surface area (Å²) in [5.41, 5.74) is 2.95. The van der Waals surface area contributed by atoms with Gasteiger partial charge in [0.15, 0.2) is 23.9 Å². The monoisotopic (exact) mass is 446 g/mol. The summed E-state index contributed by atoms with van der Waals surface area (Å²) < 4.78 is 16.5. The maximum absolute atomic E-state index is 12.6. The molecule has 0 radical (unpaired) electrons. The van der Waals surface area contributed by atoms with Crippen molar-refractivity contribution in [3.63, 3.8) is 0 Å². The van der Waals surface area contributed by atoms with Crippen LogP contribution in [0.15, 0.2) is 54.6 Å². The zero-order valence-electron chi connectivity index (χ0n) is 18.6. The van der Waals surface area contributed by atoms with E-state index in [0.717, 1.165) is 40.7 Å². The van der Waals surface area contributed by atoms with Crippen LogP contribution in [0, 0.1) is 0 Å². The Labute approximate surface area is 192 Å². The normalized spacial score (nSPS) is 14.9. The molecule has 1 saturated heterocycles.